The van der Waals surface area contributed by atoms with E-state index in [-0.39, 0.29) is 5.63 Å². The van der Waals surface area contributed by atoms with E-state index in [2.05, 4.69) is 55.6 Å². The van der Waals surface area contributed by atoms with Crippen molar-refractivity contribution in [2.75, 3.05) is 0 Å². The van der Waals surface area contributed by atoms with Crippen LogP contribution in [0.1, 0.15) is 36.6 Å². The zero-order valence-corrected chi connectivity index (χ0v) is 13.6. The van der Waals surface area contributed by atoms with Gasteiger partial charge in [0.2, 0.25) is 0 Å². The topological polar surface area (TPSA) is 46.8 Å². The second-order valence-electron chi connectivity index (χ2n) is 5.91. The molecule has 1 aromatic heterocycles. The molecule has 1 heterocycles. The monoisotopic (exact) mass is 308 g/mol. The molecule has 23 heavy (non-hydrogen) atoms. The Morgan fingerprint density at radius 1 is 1.09 bits per heavy atom. The van der Waals surface area contributed by atoms with Crippen molar-refractivity contribution in [3.8, 4) is 0 Å². The van der Waals surface area contributed by atoms with E-state index in [9.17, 15) is 4.79 Å². The number of rotatable bonds is 5. The molecule has 0 spiro atoms. The Hall–Kier alpha value is -2.39. The largest absolute Gasteiger partial charge is 0.423 e. The van der Waals surface area contributed by atoms with E-state index in [4.69, 9.17) is 4.42 Å². The second kappa shape index (κ2) is 6.80. The van der Waals surface area contributed by atoms with Crippen molar-refractivity contribution < 1.29 is 9.73 Å². The molecule has 3 heteroatoms. The number of quaternary nitrogens is 1. The lowest BCUT2D eigenvalue weighted by molar-refractivity contribution is -0.707. The van der Waals surface area contributed by atoms with Crippen molar-refractivity contribution in [1.82, 2.24) is 0 Å². The molecule has 0 unspecified atom stereocenters. The van der Waals surface area contributed by atoms with Gasteiger partial charge in [-0.15, -0.1) is 0 Å². The van der Waals surface area contributed by atoms with Gasteiger partial charge in [0.15, 0.2) is 0 Å². The van der Waals surface area contributed by atoms with E-state index in [0.29, 0.717) is 11.6 Å². The highest BCUT2D eigenvalue weighted by molar-refractivity contribution is 5.80. The molecule has 3 aromatic rings. The summed E-state index contributed by atoms with van der Waals surface area (Å²) in [5, 5.41) is 3.27. The molecule has 3 rings (SSSR count). The van der Waals surface area contributed by atoms with Gasteiger partial charge in [-0.3, -0.25) is 0 Å². The van der Waals surface area contributed by atoms with E-state index in [1.54, 1.807) is 6.07 Å². The molecule has 2 N–H and O–H groups in total. The van der Waals surface area contributed by atoms with E-state index in [0.717, 1.165) is 23.9 Å². The van der Waals surface area contributed by atoms with Crippen LogP contribution in [0.25, 0.3) is 11.0 Å². The summed E-state index contributed by atoms with van der Waals surface area (Å²) in [6.45, 7) is 5.03. The summed E-state index contributed by atoms with van der Waals surface area (Å²) >= 11 is 0. The van der Waals surface area contributed by atoms with Gasteiger partial charge < -0.3 is 9.73 Å². The maximum atomic E-state index is 11.8. The van der Waals surface area contributed by atoms with Crippen LogP contribution in [0.15, 0.2) is 63.8 Å². The van der Waals surface area contributed by atoms with Gasteiger partial charge in [0.1, 0.15) is 18.2 Å². The lowest BCUT2D eigenvalue weighted by Gasteiger charge is -2.12. The van der Waals surface area contributed by atoms with Crippen LogP contribution in [0.2, 0.25) is 0 Å². The molecule has 0 aliphatic rings. The minimum Gasteiger partial charge on any atom is -0.423 e. The maximum absolute atomic E-state index is 11.8. The van der Waals surface area contributed by atoms with Crippen LogP contribution in [-0.2, 0) is 13.0 Å². The second-order valence-corrected chi connectivity index (χ2v) is 5.91. The van der Waals surface area contributed by atoms with Crippen molar-refractivity contribution in [2.24, 2.45) is 0 Å². The van der Waals surface area contributed by atoms with Gasteiger partial charge in [0.25, 0.3) is 0 Å². The molecule has 0 saturated carbocycles. The van der Waals surface area contributed by atoms with Crippen LogP contribution in [-0.4, -0.2) is 0 Å². The van der Waals surface area contributed by atoms with Crippen molar-refractivity contribution in [1.29, 1.82) is 0 Å². The molecule has 0 bridgehead atoms. The third kappa shape index (κ3) is 3.51. The molecular formula is C20H22NO2+. The number of aryl methyl sites for hydroxylation is 1. The van der Waals surface area contributed by atoms with Gasteiger partial charge in [-0.2, -0.15) is 0 Å². The number of hydrogen-bond donors (Lipinski definition) is 1. The molecule has 3 nitrogen and oxygen atoms in total. The van der Waals surface area contributed by atoms with Gasteiger partial charge in [-0.1, -0.05) is 49.4 Å². The third-order valence-electron chi connectivity index (χ3n) is 4.32. The van der Waals surface area contributed by atoms with E-state index >= 15 is 0 Å². The first-order valence-electron chi connectivity index (χ1n) is 8.11. The summed E-state index contributed by atoms with van der Waals surface area (Å²) in [6.07, 6.45) is 0.932. The summed E-state index contributed by atoms with van der Waals surface area (Å²) < 4.78 is 5.37. The number of benzene rings is 2. The fourth-order valence-electron chi connectivity index (χ4n) is 2.86. The fraction of sp³-hybridized carbons (Fsp3) is 0.250. The predicted octanol–water partition coefficient (Wildman–Crippen LogP) is 3.18. The zero-order valence-electron chi connectivity index (χ0n) is 13.6. The lowest BCUT2D eigenvalue weighted by atomic mass is 10.0. The van der Waals surface area contributed by atoms with E-state index in [1.807, 2.05) is 12.1 Å². The number of fused-ring (bicyclic) bond motifs is 1. The van der Waals surface area contributed by atoms with Crippen molar-refractivity contribution in [3.63, 3.8) is 0 Å². The molecule has 118 valence electrons. The van der Waals surface area contributed by atoms with Crippen molar-refractivity contribution in [3.05, 3.63) is 81.7 Å². The summed E-state index contributed by atoms with van der Waals surface area (Å²) in [6, 6.07) is 18.5. The highest BCUT2D eigenvalue weighted by Gasteiger charge is 2.11. The van der Waals surface area contributed by atoms with Gasteiger partial charge in [0.05, 0.1) is 0 Å². The quantitative estimate of drug-likeness (QED) is 0.736. The van der Waals surface area contributed by atoms with Crippen molar-refractivity contribution in [2.45, 2.75) is 32.9 Å². The third-order valence-corrected chi connectivity index (χ3v) is 4.32. The van der Waals surface area contributed by atoms with Gasteiger partial charge in [-0.25, -0.2) is 4.79 Å². The van der Waals surface area contributed by atoms with Gasteiger partial charge >= 0.3 is 5.63 Å². The Morgan fingerprint density at radius 2 is 1.87 bits per heavy atom. The summed E-state index contributed by atoms with van der Waals surface area (Å²) in [4.78, 5) is 11.8. The number of hydrogen-bond acceptors (Lipinski definition) is 2. The molecule has 0 saturated heterocycles. The normalized spacial score (nSPS) is 12.4. The summed E-state index contributed by atoms with van der Waals surface area (Å²) in [5.41, 5.74) is 3.91. The van der Waals surface area contributed by atoms with E-state index in [1.165, 1.54) is 11.1 Å². The predicted molar refractivity (Wildman–Crippen MR) is 92.3 cm³/mol. The SMILES string of the molecule is CCc1ccc2c(C[NH2+][C@H](C)c3ccccc3)cc(=O)oc2c1. The summed E-state index contributed by atoms with van der Waals surface area (Å²) in [7, 11) is 0. The minimum atomic E-state index is -0.276. The first-order chi connectivity index (χ1) is 11.2. The van der Waals surface area contributed by atoms with Crippen LogP contribution in [0.3, 0.4) is 0 Å². The van der Waals surface area contributed by atoms with Gasteiger partial charge in [0, 0.05) is 22.6 Å². The zero-order chi connectivity index (χ0) is 16.2. The highest BCUT2D eigenvalue weighted by Crippen LogP contribution is 2.18. The molecule has 2 aromatic carbocycles. The highest BCUT2D eigenvalue weighted by atomic mass is 16.4. The maximum Gasteiger partial charge on any atom is 0.336 e. The summed E-state index contributed by atoms with van der Waals surface area (Å²) in [5.74, 6) is 0. The van der Waals surface area contributed by atoms with E-state index < -0.39 is 0 Å². The van der Waals surface area contributed by atoms with Crippen molar-refractivity contribution >= 4 is 11.0 Å². The van der Waals surface area contributed by atoms with Gasteiger partial charge in [-0.05, 0) is 25.0 Å². The first-order valence-corrected chi connectivity index (χ1v) is 8.11. The Morgan fingerprint density at radius 3 is 2.61 bits per heavy atom. The molecule has 0 aliphatic heterocycles. The smallest absolute Gasteiger partial charge is 0.336 e. The molecule has 0 amide bonds. The Balaban J connectivity index is 1.86. The van der Waals surface area contributed by atoms with Crippen LogP contribution in [0.4, 0.5) is 0 Å². The Kier molecular flexibility index (Phi) is 4.58. The van der Waals surface area contributed by atoms with Crippen LogP contribution in [0.5, 0.6) is 0 Å². The first kappa shape index (κ1) is 15.5. The molecular weight excluding hydrogens is 286 g/mol. The average molecular weight is 308 g/mol. The molecule has 1 atom stereocenters. The Bertz CT molecular complexity index is 852. The van der Waals surface area contributed by atoms with Crippen LogP contribution in [0, 0.1) is 0 Å². The number of nitrogens with two attached hydrogens (primary N) is 1. The van der Waals surface area contributed by atoms with Crippen LogP contribution < -0.4 is 10.9 Å². The van der Waals surface area contributed by atoms with Crippen LogP contribution >= 0.6 is 0 Å². The molecule has 0 aliphatic carbocycles. The fourth-order valence-corrected chi connectivity index (χ4v) is 2.86. The Labute approximate surface area is 136 Å². The molecule has 0 radical (unpaired) electrons. The molecule has 0 fully saturated rings. The standard InChI is InChI=1S/C20H21NO2/c1-3-15-9-10-18-17(12-20(22)23-19(18)11-15)13-21-14(2)16-7-5-4-6-8-16/h4-12,14,21H,3,13H2,1-2H3/p+1/t14-/m1/s1. The lowest BCUT2D eigenvalue weighted by Crippen LogP contribution is -2.83. The minimum absolute atomic E-state index is 0.276. The average Bonchev–Trinajstić information content (AvgIpc) is 2.59.